The number of hydrogen-bond donors (Lipinski definition) is 0. The summed E-state index contributed by atoms with van der Waals surface area (Å²) in [5, 5.41) is 0.646. The SMILES string of the molecule is C=C(CC(Cl)(Cl)Cl)c1cccc(Cl)c1. The van der Waals surface area contributed by atoms with E-state index >= 15 is 0 Å². The fourth-order valence-corrected chi connectivity index (χ4v) is 1.73. The van der Waals surface area contributed by atoms with Crippen molar-refractivity contribution in [2.45, 2.75) is 10.2 Å². The number of rotatable bonds is 2. The summed E-state index contributed by atoms with van der Waals surface area (Å²) in [5.74, 6) is 0. The van der Waals surface area contributed by atoms with Gasteiger partial charge in [0, 0.05) is 11.4 Å². The van der Waals surface area contributed by atoms with Gasteiger partial charge in [-0.2, -0.15) is 0 Å². The quantitative estimate of drug-likeness (QED) is 0.655. The Labute approximate surface area is 103 Å². The first-order chi connectivity index (χ1) is 6.38. The highest BCUT2D eigenvalue weighted by Crippen LogP contribution is 2.36. The van der Waals surface area contributed by atoms with Gasteiger partial charge in [-0.05, 0) is 23.3 Å². The smallest absolute Gasteiger partial charge is 0.0951 e. The first kappa shape index (κ1) is 12.2. The van der Waals surface area contributed by atoms with E-state index in [4.69, 9.17) is 46.4 Å². The third-order valence-electron chi connectivity index (χ3n) is 1.65. The zero-order valence-corrected chi connectivity index (χ0v) is 10.3. The molecule has 0 saturated carbocycles. The van der Waals surface area contributed by atoms with E-state index in [1.165, 1.54) is 0 Å². The zero-order chi connectivity index (χ0) is 10.8. The minimum absolute atomic E-state index is 0.290. The van der Waals surface area contributed by atoms with Gasteiger partial charge in [0.25, 0.3) is 0 Å². The lowest BCUT2D eigenvalue weighted by Gasteiger charge is -2.13. The fraction of sp³-hybridized carbons (Fsp3) is 0.200. The molecule has 1 aromatic rings. The van der Waals surface area contributed by atoms with Gasteiger partial charge in [-0.3, -0.25) is 0 Å². The molecule has 0 spiro atoms. The largest absolute Gasteiger partial charge is 0.194 e. The van der Waals surface area contributed by atoms with Gasteiger partial charge in [-0.15, -0.1) is 0 Å². The van der Waals surface area contributed by atoms with Gasteiger partial charge in [0.15, 0.2) is 3.79 Å². The highest BCUT2D eigenvalue weighted by atomic mass is 35.6. The minimum Gasteiger partial charge on any atom is -0.0951 e. The van der Waals surface area contributed by atoms with Crippen LogP contribution in [0.1, 0.15) is 12.0 Å². The van der Waals surface area contributed by atoms with E-state index in [0.717, 1.165) is 11.1 Å². The number of hydrogen-bond acceptors (Lipinski definition) is 0. The lowest BCUT2D eigenvalue weighted by Crippen LogP contribution is -2.02. The maximum absolute atomic E-state index is 5.82. The van der Waals surface area contributed by atoms with Gasteiger partial charge in [-0.1, -0.05) is 65.1 Å². The summed E-state index contributed by atoms with van der Waals surface area (Å²) in [6.07, 6.45) is 0.290. The Balaban J connectivity index is 2.80. The molecule has 0 aliphatic heterocycles. The van der Waals surface area contributed by atoms with E-state index in [1.807, 2.05) is 12.1 Å². The summed E-state index contributed by atoms with van der Waals surface area (Å²) < 4.78 is -1.31. The Morgan fingerprint density at radius 3 is 2.43 bits per heavy atom. The predicted molar refractivity (Wildman–Crippen MR) is 65.4 cm³/mol. The lowest BCUT2D eigenvalue weighted by molar-refractivity contribution is 1.10. The molecule has 0 nitrogen and oxygen atoms in total. The van der Waals surface area contributed by atoms with Crippen molar-refractivity contribution < 1.29 is 0 Å². The Kier molecular flexibility index (Phi) is 4.15. The van der Waals surface area contributed by atoms with Crippen molar-refractivity contribution in [1.82, 2.24) is 0 Å². The van der Waals surface area contributed by atoms with Gasteiger partial charge in [0.1, 0.15) is 0 Å². The highest BCUT2D eigenvalue weighted by Gasteiger charge is 2.21. The second-order valence-corrected chi connectivity index (χ2v) is 5.86. The van der Waals surface area contributed by atoms with Crippen molar-refractivity contribution in [2.24, 2.45) is 0 Å². The van der Waals surface area contributed by atoms with Crippen molar-refractivity contribution in [3.8, 4) is 0 Å². The van der Waals surface area contributed by atoms with Crippen LogP contribution in [0.25, 0.3) is 5.57 Å². The van der Waals surface area contributed by atoms with E-state index in [1.54, 1.807) is 12.1 Å². The molecule has 0 heterocycles. The van der Waals surface area contributed by atoms with Crippen LogP contribution in [0.5, 0.6) is 0 Å². The summed E-state index contributed by atoms with van der Waals surface area (Å²) >= 11 is 22.8. The second kappa shape index (κ2) is 4.76. The van der Waals surface area contributed by atoms with Crippen LogP contribution in [-0.4, -0.2) is 3.79 Å². The number of benzene rings is 1. The monoisotopic (exact) mass is 268 g/mol. The molecule has 76 valence electrons. The minimum atomic E-state index is -1.31. The van der Waals surface area contributed by atoms with Crippen LogP contribution < -0.4 is 0 Å². The van der Waals surface area contributed by atoms with Crippen LogP contribution in [0.4, 0.5) is 0 Å². The molecular formula is C10H8Cl4. The van der Waals surface area contributed by atoms with Crippen LogP contribution >= 0.6 is 46.4 Å². The summed E-state index contributed by atoms with van der Waals surface area (Å²) in [6.45, 7) is 3.84. The number of allylic oxidation sites excluding steroid dienone is 1. The molecule has 0 N–H and O–H groups in total. The molecule has 0 amide bonds. The van der Waals surface area contributed by atoms with Crippen molar-refractivity contribution in [3.63, 3.8) is 0 Å². The summed E-state index contributed by atoms with van der Waals surface area (Å²) in [4.78, 5) is 0. The molecule has 1 rings (SSSR count). The Morgan fingerprint density at radius 1 is 1.29 bits per heavy atom. The number of halogens is 4. The molecule has 0 bridgehead atoms. The topological polar surface area (TPSA) is 0 Å². The van der Waals surface area contributed by atoms with E-state index in [9.17, 15) is 0 Å². The van der Waals surface area contributed by atoms with E-state index in [2.05, 4.69) is 6.58 Å². The average molecular weight is 270 g/mol. The van der Waals surface area contributed by atoms with Crippen molar-refractivity contribution in [3.05, 3.63) is 41.4 Å². The fourth-order valence-electron chi connectivity index (χ4n) is 1.05. The van der Waals surface area contributed by atoms with Crippen molar-refractivity contribution >= 4 is 52.0 Å². The summed E-state index contributed by atoms with van der Waals surface area (Å²) in [6, 6.07) is 7.29. The maximum atomic E-state index is 5.82. The normalized spacial score (nSPS) is 11.4. The Morgan fingerprint density at radius 2 is 1.93 bits per heavy atom. The molecule has 0 unspecified atom stereocenters. The van der Waals surface area contributed by atoms with Crippen LogP contribution in [0, 0.1) is 0 Å². The molecule has 0 atom stereocenters. The van der Waals surface area contributed by atoms with Crippen LogP contribution in [0.15, 0.2) is 30.8 Å². The van der Waals surface area contributed by atoms with Gasteiger partial charge >= 0.3 is 0 Å². The van der Waals surface area contributed by atoms with E-state index in [0.29, 0.717) is 5.02 Å². The average Bonchev–Trinajstić information content (AvgIpc) is 2.01. The van der Waals surface area contributed by atoms with Gasteiger partial charge in [0.2, 0.25) is 0 Å². The van der Waals surface area contributed by atoms with Gasteiger partial charge in [0.05, 0.1) is 0 Å². The second-order valence-electron chi connectivity index (χ2n) is 2.91. The van der Waals surface area contributed by atoms with Crippen LogP contribution in [-0.2, 0) is 0 Å². The first-order valence-corrected chi connectivity index (χ1v) is 5.40. The first-order valence-electron chi connectivity index (χ1n) is 3.89. The van der Waals surface area contributed by atoms with Gasteiger partial charge < -0.3 is 0 Å². The van der Waals surface area contributed by atoms with E-state index < -0.39 is 3.79 Å². The molecule has 1 aromatic carbocycles. The third kappa shape index (κ3) is 4.10. The molecular weight excluding hydrogens is 262 g/mol. The molecule has 0 saturated heterocycles. The molecule has 14 heavy (non-hydrogen) atoms. The Bertz CT molecular complexity index is 338. The maximum Gasteiger partial charge on any atom is 0.194 e. The number of alkyl halides is 3. The molecule has 0 fully saturated rings. The van der Waals surface area contributed by atoms with Gasteiger partial charge in [-0.25, -0.2) is 0 Å². The standard InChI is InChI=1S/C10H8Cl4/c1-7(6-10(12,13)14)8-3-2-4-9(11)5-8/h2-5H,1,6H2. The molecule has 0 aliphatic carbocycles. The molecule has 0 aromatic heterocycles. The van der Waals surface area contributed by atoms with Crippen LogP contribution in [0.3, 0.4) is 0 Å². The summed E-state index contributed by atoms with van der Waals surface area (Å²) in [5.41, 5.74) is 1.65. The lowest BCUT2D eigenvalue weighted by atomic mass is 10.1. The van der Waals surface area contributed by atoms with Crippen molar-refractivity contribution in [2.75, 3.05) is 0 Å². The third-order valence-corrected chi connectivity index (χ3v) is 2.28. The molecule has 4 heteroatoms. The van der Waals surface area contributed by atoms with Crippen molar-refractivity contribution in [1.29, 1.82) is 0 Å². The molecule has 0 aliphatic rings. The van der Waals surface area contributed by atoms with E-state index in [-0.39, 0.29) is 6.42 Å². The highest BCUT2D eigenvalue weighted by molar-refractivity contribution is 6.67. The molecule has 0 radical (unpaired) electrons. The summed E-state index contributed by atoms with van der Waals surface area (Å²) in [7, 11) is 0. The predicted octanol–water partition coefficient (Wildman–Crippen LogP) is 5.11. The zero-order valence-electron chi connectivity index (χ0n) is 7.24. The Hall–Kier alpha value is 0.120. The van der Waals surface area contributed by atoms with Crippen LogP contribution in [0.2, 0.25) is 5.02 Å².